The molecule has 0 unspecified atom stereocenters. The number of aryl methyl sites for hydroxylation is 2. The Morgan fingerprint density at radius 1 is 0.474 bits per heavy atom. The van der Waals surface area contributed by atoms with Gasteiger partial charge in [0.2, 0.25) is 0 Å². The average molecular weight is 543 g/mol. The van der Waals surface area contributed by atoms with Gasteiger partial charge in [-0.15, -0.1) is 0 Å². The first kappa shape index (κ1) is 32.2. The van der Waals surface area contributed by atoms with Gasteiger partial charge in [-0.05, 0) is 66.7 Å². The van der Waals surface area contributed by atoms with E-state index in [1.807, 2.05) is 0 Å². The van der Waals surface area contributed by atoms with E-state index in [-0.39, 0.29) is 12.8 Å². The summed E-state index contributed by atoms with van der Waals surface area (Å²) in [6.45, 7) is 4.45. The summed E-state index contributed by atoms with van der Waals surface area (Å²) in [5.41, 5.74) is 5.09. The maximum absolute atomic E-state index is 12.2. The van der Waals surface area contributed by atoms with Crippen LogP contribution in [0.2, 0.25) is 0 Å². The number of benzene rings is 2. The number of halogens is 6. The smallest absolute Gasteiger partial charge is 0.171 e. The monoisotopic (exact) mass is 542 g/mol. The Bertz CT molecular complexity index is 807. The second-order valence-electron chi connectivity index (χ2n) is 11.0. The van der Waals surface area contributed by atoms with E-state index < -0.39 is 25.2 Å². The van der Waals surface area contributed by atoms with E-state index >= 15 is 0 Å². The minimum atomic E-state index is -4.04. The molecule has 0 saturated heterocycles. The van der Waals surface area contributed by atoms with Gasteiger partial charge in [-0.3, -0.25) is 0 Å². The van der Waals surface area contributed by atoms with Crippen LogP contribution in [0, 0.1) is 5.92 Å². The van der Waals surface area contributed by atoms with Gasteiger partial charge in [-0.25, -0.2) is 0 Å². The Hall–Kier alpha value is -1.98. The van der Waals surface area contributed by atoms with Gasteiger partial charge in [-0.1, -0.05) is 101 Å². The summed E-state index contributed by atoms with van der Waals surface area (Å²) in [7, 11) is 0. The normalized spacial score (nSPS) is 12.6. The lowest BCUT2D eigenvalue weighted by molar-refractivity contribution is -0.136. The molecular weight excluding hydrogens is 498 g/mol. The molecule has 0 fully saturated rings. The van der Waals surface area contributed by atoms with Crippen molar-refractivity contribution in [1.29, 1.82) is 0 Å². The fraction of sp³-hybridized carbons (Fsp3) is 0.625. The summed E-state index contributed by atoms with van der Waals surface area (Å²) in [5.74, 6) is 0.723. The second kappa shape index (κ2) is 16.2. The van der Waals surface area contributed by atoms with Crippen molar-refractivity contribution in [2.75, 3.05) is 0 Å². The first-order valence-corrected chi connectivity index (χ1v) is 14.3. The van der Waals surface area contributed by atoms with Crippen molar-refractivity contribution in [2.24, 2.45) is 5.92 Å². The molecular formula is C32H44F6. The van der Waals surface area contributed by atoms with Gasteiger partial charge in [0, 0.05) is 18.8 Å². The molecule has 0 aliphatic heterocycles. The van der Waals surface area contributed by atoms with E-state index in [4.69, 9.17) is 0 Å². The third-order valence-electron chi connectivity index (χ3n) is 7.20. The van der Waals surface area contributed by atoms with Crippen LogP contribution in [0.25, 0.3) is 0 Å². The number of unbranched alkanes of at least 4 members (excludes halogenated alkanes) is 8. The lowest BCUT2D eigenvalue weighted by Crippen LogP contribution is -2.09. The van der Waals surface area contributed by atoms with E-state index in [2.05, 4.69) is 62.4 Å². The second-order valence-corrected chi connectivity index (χ2v) is 11.0. The molecule has 0 spiro atoms. The van der Waals surface area contributed by atoms with E-state index in [0.29, 0.717) is 24.7 Å². The molecule has 0 nitrogen and oxygen atoms in total. The summed E-state index contributed by atoms with van der Waals surface area (Å²) >= 11 is 0. The summed E-state index contributed by atoms with van der Waals surface area (Å²) < 4.78 is 73.2. The van der Waals surface area contributed by atoms with E-state index in [1.54, 1.807) is 0 Å². The molecule has 0 aliphatic rings. The topological polar surface area (TPSA) is 0 Å². The first-order valence-electron chi connectivity index (χ1n) is 14.3. The fourth-order valence-electron chi connectivity index (χ4n) is 5.12. The zero-order chi connectivity index (χ0) is 28.0. The molecule has 0 heterocycles. The lowest BCUT2D eigenvalue weighted by atomic mass is 9.82. The molecule has 0 radical (unpaired) electrons. The summed E-state index contributed by atoms with van der Waals surface area (Å²) in [5, 5.41) is 0. The average Bonchev–Trinajstić information content (AvgIpc) is 2.83. The number of alkyl halides is 6. The van der Waals surface area contributed by atoms with Gasteiger partial charge in [0.25, 0.3) is 0 Å². The zero-order valence-electron chi connectivity index (χ0n) is 22.9. The van der Waals surface area contributed by atoms with E-state index in [0.717, 1.165) is 51.4 Å². The quantitative estimate of drug-likeness (QED) is 0.138. The van der Waals surface area contributed by atoms with Gasteiger partial charge in [0.05, 0.1) is 0 Å². The van der Waals surface area contributed by atoms with Crippen molar-refractivity contribution in [1.82, 2.24) is 0 Å². The lowest BCUT2D eigenvalue weighted by Gasteiger charge is -2.23. The molecule has 2 rings (SSSR count). The van der Waals surface area contributed by atoms with Crippen LogP contribution in [0.5, 0.6) is 0 Å². The number of hydrogen-bond acceptors (Lipinski definition) is 0. The van der Waals surface area contributed by atoms with Crippen LogP contribution in [0.1, 0.15) is 119 Å². The van der Waals surface area contributed by atoms with Crippen molar-refractivity contribution in [3.05, 3.63) is 70.8 Å². The maximum atomic E-state index is 12.2. The highest BCUT2D eigenvalue weighted by Gasteiger charge is 2.26. The molecule has 214 valence electrons. The molecule has 0 aliphatic carbocycles. The van der Waals surface area contributed by atoms with Crippen LogP contribution in [0.15, 0.2) is 48.5 Å². The van der Waals surface area contributed by atoms with Crippen LogP contribution in [-0.2, 0) is 12.8 Å². The van der Waals surface area contributed by atoms with Crippen LogP contribution in [0.3, 0.4) is 0 Å². The van der Waals surface area contributed by atoms with Gasteiger partial charge < -0.3 is 0 Å². The Balaban J connectivity index is 1.76. The van der Waals surface area contributed by atoms with Gasteiger partial charge in [-0.2, -0.15) is 26.3 Å². The third-order valence-corrected chi connectivity index (χ3v) is 7.20. The minimum absolute atomic E-state index is 0.226. The van der Waals surface area contributed by atoms with Crippen LogP contribution in [0.4, 0.5) is 26.3 Å². The molecule has 2 aromatic rings. The third kappa shape index (κ3) is 13.7. The standard InChI is InChI=1S/C32H44F6/c1-25(2)30(28-19-15-26(16-20-28)13-9-5-3-7-11-23-31(33,34)35)29-21-17-27(18-22-29)14-10-6-4-8-12-24-32(36,37)38/h15-22,25,30H,3-14,23-24H2,1-2H3. The SMILES string of the molecule is CC(C)C(c1ccc(CCCCCCCC(F)(F)F)cc1)c1ccc(CCCCCCCC(F)(F)F)cc1. The summed E-state index contributed by atoms with van der Waals surface area (Å²) in [6, 6.07) is 17.5. The minimum Gasteiger partial charge on any atom is -0.171 e. The molecule has 38 heavy (non-hydrogen) atoms. The van der Waals surface area contributed by atoms with Crippen molar-refractivity contribution >= 4 is 0 Å². The predicted octanol–water partition coefficient (Wildman–Crippen LogP) is 11.4. The van der Waals surface area contributed by atoms with Crippen molar-refractivity contribution in [3.63, 3.8) is 0 Å². The van der Waals surface area contributed by atoms with Crippen LogP contribution < -0.4 is 0 Å². The Morgan fingerprint density at radius 2 is 0.789 bits per heavy atom. The van der Waals surface area contributed by atoms with Gasteiger partial charge >= 0.3 is 12.4 Å². The zero-order valence-corrected chi connectivity index (χ0v) is 22.9. The van der Waals surface area contributed by atoms with Gasteiger partial charge in [0.1, 0.15) is 0 Å². The molecule has 0 saturated carbocycles. The van der Waals surface area contributed by atoms with Crippen molar-refractivity contribution in [2.45, 2.75) is 122 Å². The Labute approximate surface area is 225 Å². The molecule has 0 bridgehead atoms. The van der Waals surface area contributed by atoms with E-state index in [9.17, 15) is 26.3 Å². The van der Waals surface area contributed by atoms with Gasteiger partial charge in [0.15, 0.2) is 0 Å². The highest BCUT2D eigenvalue weighted by atomic mass is 19.4. The molecule has 6 heteroatoms. The van der Waals surface area contributed by atoms with Crippen LogP contribution in [-0.4, -0.2) is 12.4 Å². The first-order chi connectivity index (χ1) is 17.9. The molecule has 0 aromatic heterocycles. The molecule has 0 N–H and O–H groups in total. The maximum Gasteiger partial charge on any atom is 0.389 e. The number of rotatable bonds is 17. The Kier molecular flexibility index (Phi) is 13.7. The highest BCUT2D eigenvalue weighted by Crippen LogP contribution is 2.32. The molecule has 2 aromatic carbocycles. The fourth-order valence-corrected chi connectivity index (χ4v) is 5.12. The predicted molar refractivity (Wildman–Crippen MR) is 144 cm³/mol. The summed E-state index contributed by atoms with van der Waals surface area (Å²) in [6.07, 6.45) is -0.204. The van der Waals surface area contributed by atoms with Crippen molar-refractivity contribution in [3.8, 4) is 0 Å². The largest absolute Gasteiger partial charge is 0.389 e. The van der Waals surface area contributed by atoms with E-state index in [1.165, 1.54) is 22.3 Å². The summed E-state index contributed by atoms with van der Waals surface area (Å²) in [4.78, 5) is 0. The van der Waals surface area contributed by atoms with Crippen molar-refractivity contribution < 1.29 is 26.3 Å². The Morgan fingerprint density at radius 3 is 1.11 bits per heavy atom. The highest BCUT2D eigenvalue weighted by molar-refractivity contribution is 5.36. The number of hydrogen-bond donors (Lipinski definition) is 0. The molecule has 0 amide bonds. The molecule has 0 atom stereocenters. The van der Waals surface area contributed by atoms with Crippen LogP contribution >= 0.6 is 0 Å².